The van der Waals surface area contributed by atoms with E-state index in [1.54, 1.807) is 77.0 Å². The van der Waals surface area contributed by atoms with E-state index >= 15 is 0 Å². The maximum Gasteiger partial charge on any atom is -0.0291 e. The largest absolute Gasteiger partial charge is 0.114 e. The van der Waals surface area contributed by atoms with Crippen molar-refractivity contribution in [1.29, 1.82) is 0 Å². The molecule has 3 saturated carbocycles. The minimum absolute atomic E-state index is 1.07. The number of hydrogen-bond acceptors (Lipinski definition) is 0. The molecule has 3 fully saturated rings. The van der Waals surface area contributed by atoms with Crippen LogP contribution in [0.4, 0.5) is 0 Å². The molecule has 0 aromatic heterocycles. The third-order valence-electron chi connectivity index (χ3n) is 8.22. The average molecular weight is 383 g/mol. The lowest BCUT2D eigenvalue weighted by Gasteiger charge is -2.36. The molecular weight excluding hydrogens is 338 g/mol. The van der Waals surface area contributed by atoms with Crippen LogP contribution in [0.5, 0.6) is 0 Å². The van der Waals surface area contributed by atoms with Gasteiger partial charge >= 0.3 is 0 Å². The first kappa shape index (κ1) is 20.6. The summed E-state index contributed by atoms with van der Waals surface area (Å²) >= 11 is 0. The van der Waals surface area contributed by atoms with Gasteiger partial charge in [0.25, 0.3) is 0 Å². The van der Waals surface area contributed by atoms with Gasteiger partial charge in [-0.05, 0) is 67.4 Å². The topological polar surface area (TPSA) is 0 Å². The Morgan fingerprint density at radius 2 is 0.880 bits per heavy atom. The molecule has 25 heavy (non-hydrogen) atoms. The maximum atomic E-state index is 2.95. The second-order valence-electron chi connectivity index (χ2n) is 9.95. The van der Waals surface area contributed by atoms with Crippen LogP contribution in [-0.2, 0) is 0 Å². The minimum atomic E-state index is 1.07. The van der Waals surface area contributed by atoms with E-state index in [9.17, 15) is 0 Å². The van der Waals surface area contributed by atoms with E-state index in [4.69, 9.17) is 0 Å². The Morgan fingerprint density at radius 1 is 0.560 bits per heavy atom. The van der Waals surface area contributed by atoms with Crippen molar-refractivity contribution in [3.8, 4) is 0 Å². The third kappa shape index (κ3) is 6.75. The van der Waals surface area contributed by atoms with Crippen molar-refractivity contribution in [3.63, 3.8) is 0 Å². The highest BCUT2D eigenvalue weighted by molar-refractivity contribution is 8.02. The molecule has 3 rings (SSSR count). The van der Waals surface area contributed by atoms with Gasteiger partial charge in [0.05, 0.1) is 0 Å². The lowest BCUT2D eigenvalue weighted by atomic mass is 9.70. The summed E-state index contributed by atoms with van der Waals surface area (Å²) in [6, 6.07) is 0. The quantitative estimate of drug-likeness (QED) is 0.391. The van der Waals surface area contributed by atoms with Crippen LogP contribution in [0.25, 0.3) is 0 Å². The van der Waals surface area contributed by atoms with Gasteiger partial charge in [-0.15, -0.1) is 17.2 Å². The van der Waals surface area contributed by atoms with Gasteiger partial charge < -0.3 is 0 Å². The summed E-state index contributed by atoms with van der Waals surface area (Å²) in [5.74, 6) is 6.52. The van der Waals surface area contributed by atoms with Crippen LogP contribution in [0, 0.1) is 35.5 Å². The van der Waals surface area contributed by atoms with Crippen molar-refractivity contribution in [2.75, 3.05) is 6.16 Å². The summed E-state index contributed by atoms with van der Waals surface area (Å²) in [4.78, 5) is 0. The van der Waals surface area contributed by atoms with E-state index in [2.05, 4.69) is 15.9 Å². The summed E-state index contributed by atoms with van der Waals surface area (Å²) in [6.45, 7) is 2.39. The minimum Gasteiger partial charge on any atom is -0.114 e. The summed E-state index contributed by atoms with van der Waals surface area (Å²) in [5, 5.41) is 0. The second-order valence-corrected chi connectivity index (χ2v) is 12.0. The predicted octanol–water partition coefficient (Wildman–Crippen LogP) is 8.06. The smallest absolute Gasteiger partial charge is 0.0291 e. The Bertz CT molecular complexity index is 345. The van der Waals surface area contributed by atoms with Gasteiger partial charge in [-0.25, -0.2) is 0 Å². The van der Waals surface area contributed by atoms with Gasteiger partial charge in [0.2, 0.25) is 0 Å². The maximum absolute atomic E-state index is 2.95. The van der Waals surface area contributed by atoms with Crippen LogP contribution in [-0.4, -0.2) is 6.16 Å². The van der Waals surface area contributed by atoms with E-state index in [1.807, 2.05) is 0 Å². The molecule has 0 nitrogen and oxygen atoms in total. The molecule has 0 spiro atoms. The van der Waals surface area contributed by atoms with Crippen molar-refractivity contribution in [2.24, 2.45) is 35.5 Å². The lowest BCUT2D eigenvalue weighted by molar-refractivity contribution is 0.166. The fourth-order valence-electron chi connectivity index (χ4n) is 6.36. The van der Waals surface area contributed by atoms with Crippen molar-refractivity contribution in [2.45, 2.75) is 103 Å². The fourth-order valence-corrected chi connectivity index (χ4v) is 8.10. The first-order valence-corrected chi connectivity index (χ1v) is 14.7. The van der Waals surface area contributed by atoms with Gasteiger partial charge in [0.15, 0.2) is 0 Å². The first-order valence-electron chi connectivity index (χ1n) is 11.7. The molecule has 2 unspecified atom stereocenters. The average Bonchev–Trinajstić information content (AvgIpc) is 2.66. The highest BCUT2D eigenvalue weighted by Gasteiger charge is 2.29. The molecule has 2 heteroatoms. The molecule has 0 saturated heterocycles. The van der Waals surface area contributed by atoms with Crippen LogP contribution in [0.1, 0.15) is 103 Å². The first-order chi connectivity index (χ1) is 12.3. The van der Waals surface area contributed by atoms with E-state index < -0.39 is 0 Å². The van der Waals surface area contributed by atoms with Crippen LogP contribution >= 0.6 is 17.2 Å². The van der Waals surface area contributed by atoms with Crippen molar-refractivity contribution < 1.29 is 0 Å². The van der Waals surface area contributed by atoms with Crippen molar-refractivity contribution in [1.82, 2.24) is 0 Å². The van der Waals surface area contributed by atoms with Crippen molar-refractivity contribution in [3.05, 3.63) is 0 Å². The number of rotatable bonds is 7. The van der Waals surface area contributed by atoms with E-state index in [0.29, 0.717) is 0 Å². The Labute approximate surface area is 162 Å². The zero-order valence-electron chi connectivity index (χ0n) is 16.9. The molecule has 0 bridgehead atoms. The molecule has 0 radical (unpaired) electrons. The van der Waals surface area contributed by atoms with Crippen LogP contribution in [0.15, 0.2) is 0 Å². The molecule has 0 aromatic rings. The zero-order valence-corrected chi connectivity index (χ0v) is 19.0. The van der Waals surface area contributed by atoms with Gasteiger partial charge in [-0.2, -0.15) is 0 Å². The molecule has 0 amide bonds. The van der Waals surface area contributed by atoms with Crippen LogP contribution < -0.4 is 0 Å². The molecular formula is C23H44P2. The van der Waals surface area contributed by atoms with Gasteiger partial charge in [-0.1, -0.05) is 77.6 Å². The Hall–Kier alpha value is 0.860. The van der Waals surface area contributed by atoms with Gasteiger partial charge in [-0.3, -0.25) is 0 Å². The van der Waals surface area contributed by atoms with Crippen LogP contribution in [0.3, 0.4) is 0 Å². The highest BCUT2D eigenvalue weighted by Crippen LogP contribution is 2.42. The molecule has 0 heterocycles. The Morgan fingerprint density at radius 3 is 1.20 bits per heavy atom. The zero-order chi connectivity index (χ0) is 17.5. The predicted molar refractivity (Wildman–Crippen MR) is 119 cm³/mol. The molecule has 3 aliphatic carbocycles. The SMILES string of the molecule is CCC1CCC(CC2CCC(CC3CCC(CPP)CC3)CC2)CC1. The Kier molecular flexibility index (Phi) is 9.06. The second kappa shape index (κ2) is 11.0. The Balaban J connectivity index is 1.29. The van der Waals surface area contributed by atoms with Gasteiger partial charge in [0.1, 0.15) is 0 Å². The summed E-state index contributed by atoms with van der Waals surface area (Å²) in [6.07, 6.45) is 24.8. The normalized spacial score (nSPS) is 40.6. The number of hydrogen-bond donors (Lipinski definition) is 0. The monoisotopic (exact) mass is 382 g/mol. The van der Waals surface area contributed by atoms with E-state index in [0.717, 1.165) is 43.8 Å². The molecule has 2 atom stereocenters. The van der Waals surface area contributed by atoms with Gasteiger partial charge in [0, 0.05) is 0 Å². The van der Waals surface area contributed by atoms with Crippen molar-refractivity contribution >= 4 is 17.2 Å². The fraction of sp³-hybridized carbons (Fsp3) is 1.00. The molecule has 146 valence electrons. The highest BCUT2D eigenvalue weighted by atomic mass is 32.0. The molecule has 0 aromatic carbocycles. The molecule has 0 aliphatic heterocycles. The third-order valence-corrected chi connectivity index (χ3v) is 9.74. The molecule has 3 aliphatic rings. The lowest BCUT2D eigenvalue weighted by Crippen LogP contribution is -2.23. The summed E-state index contributed by atoms with van der Waals surface area (Å²) < 4.78 is 0. The van der Waals surface area contributed by atoms with Crippen LogP contribution in [0.2, 0.25) is 0 Å². The van der Waals surface area contributed by atoms with E-state index in [1.165, 1.54) is 25.4 Å². The summed E-state index contributed by atoms with van der Waals surface area (Å²) in [7, 11) is 4.05. The summed E-state index contributed by atoms with van der Waals surface area (Å²) in [5.41, 5.74) is 0. The standard InChI is InChI=1S/C23H44P2/c1-2-18-3-5-19(6-4-18)15-20-7-9-21(10-8-20)16-22-11-13-23(14-12-22)17-25-24/h18-23,25H,2-17,24H2,1H3. The molecule has 0 N–H and O–H groups in total. The van der Waals surface area contributed by atoms with E-state index in [-0.39, 0.29) is 0 Å².